The summed E-state index contributed by atoms with van der Waals surface area (Å²) < 4.78 is 13.6. The van der Waals surface area contributed by atoms with E-state index in [1.807, 2.05) is 0 Å². The van der Waals surface area contributed by atoms with E-state index in [9.17, 15) is 9.18 Å². The molecule has 2 saturated heterocycles. The van der Waals surface area contributed by atoms with Gasteiger partial charge in [0, 0.05) is 24.3 Å². The Labute approximate surface area is 124 Å². The Kier molecular flexibility index (Phi) is 3.85. The Hall–Kier alpha value is -1.62. The number of hydrogen-bond donors (Lipinski definition) is 2. The summed E-state index contributed by atoms with van der Waals surface area (Å²) in [7, 11) is 2.19. The maximum Gasteiger partial charge on any atom is 0.254 e. The first-order valence-corrected chi connectivity index (χ1v) is 7.59. The third kappa shape index (κ3) is 2.88. The predicted molar refractivity (Wildman–Crippen MR) is 80.4 cm³/mol. The van der Waals surface area contributed by atoms with Crippen molar-refractivity contribution < 1.29 is 9.18 Å². The molecular weight excluding hydrogens is 269 g/mol. The fourth-order valence-corrected chi connectivity index (χ4v) is 3.74. The zero-order valence-electron chi connectivity index (χ0n) is 12.3. The summed E-state index contributed by atoms with van der Waals surface area (Å²) in [5, 5.41) is 2.87. The molecule has 5 heteroatoms. The molecule has 2 unspecified atom stereocenters. The highest BCUT2D eigenvalue weighted by Crippen LogP contribution is 2.37. The molecule has 2 fully saturated rings. The minimum absolute atomic E-state index is 0.0332. The average molecular weight is 291 g/mol. The van der Waals surface area contributed by atoms with Crippen molar-refractivity contribution in [2.24, 2.45) is 5.92 Å². The maximum atomic E-state index is 13.6. The Morgan fingerprint density at radius 2 is 2.05 bits per heavy atom. The molecule has 2 aliphatic rings. The molecule has 0 radical (unpaired) electrons. The van der Waals surface area contributed by atoms with Crippen molar-refractivity contribution in [1.82, 2.24) is 10.2 Å². The van der Waals surface area contributed by atoms with Crippen molar-refractivity contribution in [3.8, 4) is 0 Å². The molecule has 3 rings (SSSR count). The highest BCUT2D eigenvalue weighted by atomic mass is 19.1. The van der Waals surface area contributed by atoms with Crippen molar-refractivity contribution >= 4 is 11.6 Å². The van der Waals surface area contributed by atoms with E-state index < -0.39 is 5.82 Å². The van der Waals surface area contributed by atoms with Crippen LogP contribution in [0.25, 0.3) is 0 Å². The molecule has 1 aromatic rings. The quantitative estimate of drug-likeness (QED) is 0.838. The molecule has 2 bridgehead atoms. The molecule has 4 nitrogen and oxygen atoms in total. The number of hydrogen-bond acceptors (Lipinski definition) is 3. The molecule has 0 aliphatic carbocycles. The van der Waals surface area contributed by atoms with E-state index in [2.05, 4.69) is 17.3 Å². The standard InChI is InChI=1S/C16H22FN3O/c1-20-12-3-4-13(20)7-10(6-12)9-19-16(21)14-8-11(18)2-5-15(14)17/h2,5,8,10,12-13H,3-4,6-7,9,18H2,1H3,(H,19,21). The summed E-state index contributed by atoms with van der Waals surface area (Å²) in [4.78, 5) is 14.6. The smallest absolute Gasteiger partial charge is 0.254 e. The number of nitrogens with zero attached hydrogens (tertiary/aromatic N) is 1. The molecule has 2 heterocycles. The second-order valence-corrected chi connectivity index (χ2v) is 6.34. The minimum Gasteiger partial charge on any atom is -0.399 e. The number of amides is 1. The maximum absolute atomic E-state index is 13.6. The van der Waals surface area contributed by atoms with E-state index in [4.69, 9.17) is 5.73 Å². The molecule has 1 amide bonds. The van der Waals surface area contributed by atoms with Gasteiger partial charge >= 0.3 is 0 Å². The van der Waals surface area contributed by atoms with E-state index in [-0.39, 0.29) is 11.5 Å². The van der Waals surface area contributed by atoms with Gasteiger partial charge in [0.2, 0.25) is 0 Å². The third-order valence-electron chi connectivity index (χ3n) is 4.98. The number of piperidine rings is 1. The first-order valence-electron chi connectivity index (χ1n) is 7.59. The summed E-state index contributed by atoms with van der Waals surface area (Å²) in [5.41, 5.74) is 6.05. The second-order valence-electron chi connectivity index (χ2n) is 6.34. The number of nitrogens with two attached hydrogens (primary N) is 1. The van der Waals surface area contributed by atoms with Crippen molar-refractivity contribution in [2.45, 2.75) is 37.8 Å². The lowest BCUT2D eigenvalue weighted by Gasteiger charge is -2.36. The van der Waals surface area contributed by atoms with Gasteiger partial charge in [0.25, 0.3) is 5.91 Å². The number of anilines is 1. The van der Waals surface area contributed by atoms with Crippen LogP contribution >= 0.6 is 0 Å². The van der Waals surface area contributed by atoms with E-state index >= 15 is 0 Å². The Morgan fingerprint density at radius 3 is 2.71 bits per heavy atom. The summed E-state index contributed by atoms with van der Waals surface area (Å²) in [6, 6.07) is 5.38. The topological polar surface area (TPSA) is 58.4 Å². The van der Waals surface area contributed by atoms with Gasteiger partial charge in [-0.15, -0.1) is 0 Å². The van der Waals surface area contributed by atoms with Crippen LogP contribution in [0.3, 0.4) is 0 Å². The zero-order valence-corrected chi connectivity index (χ0v) is 12.3. The number of nitrogens with one attached hydrogen (secondary N) is 1. The minimum atomic E-state index is -0.523. The molecule has 0 aromatic heterocycles. The number of rotatable bonds is 3. The molecule has 3 N–H and O–H groups in total. The Morgan fingerprint density at radius 1 is 1.38 bits per heavy atom. The highest BCUT2D eigenvalue weighted by molar-refractivity contribution is 5.95. The summed E-state index contributed by atoms with van der Waals surface area (Å²) >= 11 is 0. The van der Waals surface area contributed by atoms with E-state index in [1.54, 1.807) is 0 Å². The number of nitrogen functional groups attached to an aromatic ring is 1. The number of benzene rings is 1. The molecule has 0 spiro atoms. The van der Waals surface area contributed by atoms with Crippen molar-refractivity contribution in [1.29, 1.82) is 0 Å². The van der Waals surface area contributed by atoms with Crippen LogP contribution in [0.15, 0.2) is 18.2 Å². The predicted octanol–water partition coefficient (Wildman–Crippen LogP) is 2.01. The van der Waals surface area contributed by atoms with Crippen LogP contribution in [0.1, 0.15) is 36.0 Å². The van der Waals surface area contributed by atoms with Gasteiger partial charge < -0.3 is 16.0 Å². The summed E-state index contributed by atoms with van der Waals surface area (Å²) in [6.45, 7) is 0.619. The summed E-state index contributed by atoms with van der Waals surface area (Å²) in [6.07, 6.45) is 4.75. The van der Waals surface area contributed by atoms with Gasteiger partial charge in [-0.3, -0.25) is 4.79 Å². The molecule has 0 saturated carbocycles. The van der Waals surface area contributed by atoms with Crippen LogP contribution in [-0.4, -0.2) is 36.5 Å². The van der Waals surface area contributed by atoms with Crippen molar-refractivity contribution in [2.75, 3.05) is 19.3 Å². The van der Waals surface area contributed by atoms with E-state index in [0.717, 1.165) is 12.8 Å². The van der Waals surface area contributed by atoms with Crippen LogP contribution in [0.2, 0.25) is 0 Å². The fourth-order valence-electron chi connectivity index (χ4n) is 3.74. The van der Waals surface area contributed by atoms with Crippen LogP contribution < -0.4 is 11.1 Å². The lowest BCUT2D eigenvalue weighted by molar-refractivity contribution is 0.0913. The number of halogens is 1. The highest BCUT2D eigenvalue weighted by Gasteiger charge is 2.38. The molecule has 114 valence electrons. The molecule has 21 heavy (non-hydrogen) atoms. The SMILES string of the molecule is CN1C2CCC1CC(CNC(=O)c1cc(N)ccc1F)C2. The third-order valence-corrected chi connectivity index (χ3v) is 4.98. The van der Waals surface area contributed by atoms with Crippen LogP contribution in [0.5, 0.6) is 0 Å². The van der Waals surface area contributed by atoms with Gasteiger partial charge in [0.05, 0.1) is 5.56 Å². The van der Waals surface area contributed by atoms with E-state index in [1.165, 1.54) is 31.0 Å². The molecule has 2 aliphatic heterocycles. The van der Waals surface area contributed by atoms with Crippen LogP contribution in [0.4, 0.5) is 10.1 Å². The molecular formula is C16H22FN3O. The fraction of sp³-hybridized carbons (Fsp3) is 0.562. The summed E-state index contributed by atoms with van der Waals surface area (Å²) in [5.74, 6) is -0.400. The number of carbonyl (C=O) groups excluding carboxylic acids is 1. The number of fused-ring (bicyclic) bond motifs is 2. The van der Waals surface area contributed by atoms with Crippen molar-refractivity contribution in [3.05, 3.63) is 29.6 Å². The molecule has 2 atom stereocenters. The van der Waals surface area contributed by atoms with Gasteiger partial charge in [-0.25, -0.2) is 4.39 Å². The largest absolute Gasteiger partial charge is 0.399 e. The van der Waals surface area contributed by atoms with E-state index in [0.29, 0.717) is 30.2 Å². The zero-order chi connectivity index (χ0) is 15.0. The van der Waals surface area contributed by atoms with Gasteiger partial charge in [0.15, 0.2) is 0 Å². The normalized spacial score (nSPS) is 28.6. The van der Waals surface area contributed by atoms with Gasteiger partial charge in [0.1, 0.15) is 5.82 Å². The molecule has 1 aromatic carbocycles. The van der Waals surface area contributed by atoms with Crippen molar-refractivity contribution in [3.63, 3.8) is 0 Å². The second kappa shape index (κ2) is 5.64. The Balaban J connectivity index is 1.58. The first-order chi connectivity index (χ1) is 10.0. The van der Waals surface area contributed by atoms with Crippen LogP contribution in [-0.2, 0) is 0 Å². The van der Waals surface area contributed by atoms with Crippen LogP contribution in [0, 0.1) is 11.7 Å². The first kappa shape index (κ1) is 14.3. The lowest BCUT2D eigenvalue weighted by Crippen LogP contribution is -2.43. The van der Waals surface area contributed by atoms with Gasteiger partial charge in [-0.2, -0.15) is 0 Å². The average Bonchev–Trinajstić information content (AvgIpc) is 2.69. The number of carbonyl (C=O) groups is 1. The monoisotopic (exact) mass is 291 g/mol. The van der Waals surface area contributed by atoms with Gasteiger partial charge in [-0.1, -0.05) is 0 Å². The van der Waals surface area contributed by atoms with Gasteiger partial charge in [-0.05, 0) is 56.8 Å². The lowest BCUT2D eigenvalue weighted by atomic mass is 9.91. The Bertz CT molecular complexity index is 534.